The first-order valence-electron chi connectivity index (χ1n) is 7.73. The summed E-state index contributed by atoms with van der Waals surface area (Å²) in [6, 6.07) is 23.4. The minimum absolute atomic E-state index is 0.670. The van der Waals surface area contributed by atoms with Gasteiger partial charge < -0.3 is 0 Å². The SMILES string of the molecule is N#Cc1ccc(/C=C/c2ccc(/C=C/c3ccc(C#N)cc3)s2)cc1. The highest BCUT2D eigenvalue weighted by Crippen LogP contribution is 2.21. The standard InChI is InChI=1S/C22H14N2S/c23-15-19-5-1-17(2-6-19)9-11-21-13-14-22(25-21)12-10-18-3-7-20(16-24)8-4-18/h1-14H/b11-9+,12-10+. The van der Waals surface area contributed by atoms with Crippen LogP contribution in [0.4, 0.5) is 0 Å². The van der Waals surface area contributed by atoms with Crippen LogP contribution in [0.1, 0.15) is 32.0 Å². The largest absolute Gasteiger partial charge is 0.192 e. The number of rotatable bonds is 4. The first-order valence-corrected chi connectivity index (χ1v) is 8.55. The molecule has 0 fully saturated rings. The Morgan fingerprint density at radius 1 is 0.560 bits per heavy atom. The Balaban J connectivity index is 1.67. The van der Waals surface area contributed by atoms with Gasteiger partial charge in [-0.15, -0.1) is 11.3 Å². The van der Waals surface area contributed by atoms with Crippen molar-refractivity contribution in [3.8, 4) is 12.1 Å². The van der Waals surface area contributed by atoms with E-state index in [4.69, 9.17) is 10.5 Å². The van der Waals surface area contributed by atoms with Crippen LogP contribution in [0.25, 0.3) is 24.3 Å². The molecule has 0 spiro atoms. The minimum atomic E-state index is 0.670. The second-order valence-corrected chi connectivity index (χ2v) is 6.52. The van der Waals surface area contributed by atoms with Crippen molar-refractivity contribution in [1.82, 2.24) is 0 Å². The van der Waals surface area contributed by atoms with Crippen LogP contribution < -0.4 is 0 Å². The molecule has 0 bridgehead atoms. The Hall–Kier alpha value is -3.40. The smallest absolute Gasteiger partial charge is 0.0991 e. The van der Waals surface area contributed by atoms with Crippen molar-refractivity contribution in [1.29, 1.82) is 10.5 Å². The second-order valence-electron chi connectivity index (χ2n) is 5.37. The molecule has 0 aliphatic carbocycles. The van der Waals surface area contributed by atoms with Gasteiger partial charge in [0.1, 0.15) is 0 Å². The number of thiophene rings is 1. The molecule has 1 heterocycles. The van der Waals surface area contributed by atoms with Crippen molar-refractivity contribution in [3.05, 3.63) is 92.7 Å². The van der Waals surface area contributed by atoms with Crippen molar-refractivity contribution < 1.29 is 0 Å². The molecule has 0 amide bonds. The van der Waals surface area contributed by atoms with E-state index >= 15 is 0 Å². The summed E-state index contributed by atoms with van der Waals surface area (Å²) >= 11 is 1.71. The van der Waals surface area contributed by atoms with Gasteiger partial charge in [0.2, 0.25) is 0 Å². The first kappa shape index (κ1) is 16.5. The van der Waals surface area contributed by atoms with Gasteiger partial charge in [0.25, 0.3) is 0 Å². The van der Waals surface area contributed by atoms with Crippen molar-refractivity contribution in [3.63, 3.8) is 0 Å². The lowest BCUT2D eigenvalue weighted by atomic mass is 10.1. The highest BCUT2D eigenvalue weighted by atomic mass is 32.1. The zero-order valence-corrected chi connectivity index (χ0v) is 14.2. The lowest BCUT2D eigenvalue weighted by molar-refractivity contribution is 1.48. The molecule has 0 N–H and O–H groups in total. The lowest BCUT2D eigenvalue weighted by Crippen LogP contribution is -1.74. The molecule has 25 heavy (non-hydrogen) atoms. The summed E-state index contributed by atoms with van der Waals surface area (Å²) in [5.41, 5.74) is 3.48. The van der Waals surface area contributed by atoms with Gasteiger partial charge in [0, 0.05) is 9.75 Å². The second kappa shape index (κ2) is 7.93. The minimum Gasteiger partial charge on any atom is -0.192 e. The normalized spacial score (nSPS) is 10.8. The van der Waals surface area contributed by atoms with Crippen LogP contribution in [0, 0.1) is 22.7 Å². The van der Waals surface area contributed by atoms with Gasteiger partial charge in [-0.3, -0.25) is 0 Å². The van der Waals surface area contributed by atoms with Crippen LogP contribution in [0.2, 0.25) is 0 Å². The number of benzene rings is 2. The lowest BCUT2D eigenvalue weighted by Gasteiger charge is -1.93. The molecule has 0 saturated heterocycles. The van der Waals surface area contributed by atoms with Crippen molar-refractivity contribution in [2.45, 2.75) is 0 Å². The van der Waals surface area contributed by atoms with Crippen LogP contribution in [0.5, 0.6) is 0 Å². The van der Waals surface area contributed by atoms with Crippen molar-refractivity contribution in [2.75, 3.05) is 0 Å². The maximum atomic E-state index is 8.81. The summed E-state index contributed by atoms with van der Waals surface area (Å²) in [5.74, 6) is 0. The van der Waals surface area contributed by atoms with Gasteiger partial charge in [0.15, 0.2) is 0 Å². The first-order chi connectivity index (χ1) is 12.3. The fourth-order valence-corrected chi connectivity index (χ4v) is 3.06. The summed E-state index contributed by atoms with van der Waals surface area (Å²) in [4.78, 5) is 2.34. The molecule has 0 aliphatic heterocycles. The molecule has 0 atom stereocenters. The van der Waals surface area contributed by atoms with Gasteiger partial charge in [-0.1, -0.05) is 36.4 Å². The summed E-state index contributed by atoms with van der Waals surface area (Å²) in [6.07, 6.45) is 8.23. The molecule has 0 aliphatic rings. The predicted molar refractivity (Wildman–Crippen MR) is 104 cm³/mol. The van der Waals surface area contributed by atoms with Crippen LogP contribution in [-0.4, -0.2) is 0 Å². The fraction of sp³-hybridized carbons (Fsp3) is 0. The number of hydrogen-bond donors (Lipinski definition) is 0. The molecule has 0 saturated carbocycles. The Bertz CT molecular complexity index is 910. The van der Waals surface area contributed by atoms with Crippen LogP contribution in [0.3, 0.4) is 0 Å². The molecule has 1 aromatic heterocycles. The van der Waals surface area contributed by atoms with E-state index in [0.29, 0.717) is 11.1 Å². The molecular formula is C22H14N2S. The van der Waals surface area contributed by atoms with Gasteiger partial charge >= 0.3 is 0 Å². The molecule has 2 nitrogen and oxygen atoms in total. The molecule has 0 unspecified atom stereocenters. The Morgan fingerprint density at radius 2 is 0.960 bits per heavy atom. The van der Waals surface area contributed by atoms with E-state index in [-0.39, 0.29) is 0 Å². The third-order valence-corrected chi connectivity index (χ3v) is 4.62. The highest BCUT2D eigenvalue weighted by molar-refractivity contribution is 7.13. The number of hydrogen-bond acceptors (Lipinski definition) is 3. The summed E-state index contributed by atoms with van der Waals surface area (Å²) in [6.45, 7) is 0. The summed E-state index contributed by atoms with van der Waals surface area (Å²) < 4.78 is 0. The number of nitrogens with zero attached hydrogens (tertiary/aromatic N) is 2. The molecule has 0 radical (unpaired) electrons. The van der Waals surface area contributed by atoms with Gasteiger partial charge in [-0.25, -0.2) is 0 Å². The monoisotopic (exact) mass is 338 g/mol. The van der Waals surface area contributed by atoms with E-state index in [1.54, 1.807) is 11.3 Å². The predicted octanol–water partition coefficient (Wildman–Crippen LogP) is 5.83. The van der Waals surface area contributed by atoms with E-state index in [0.717, 1.165) is 11.1 Å². The maximum Gasteiger partial charge on any atom is 0.0991 e. The van der Waals surface area contributed by atoms with Gasteiger partial charge in [-0.2, -0.15) is 10.5 Å². The topological polar surface area (TPSA) is 47.6 Å². The average Bonchev–Trinajstić information content (AvgIpc) is 3.13. The van der Waals surface area contributed by atoms with E-state index in [9.17, 15) is 0 Å². The van der Waals surface area contributed by atoms with E-state index in [1.165, 1.54) is 9.75 Å². The van der Waals surface area contributed by atoms with E-state index < -0.39 is 0 Å². The molecule has 3 heteroatoms. The fourth-order valence-electron chi connectivity index (χ4n) is 2.24. The maximum absolute atomic E-state index is 8.81. The average molecular weight is 338 g/mol. The van der Waals surface area contributed by atoms with E-state index in [2.05, 4.69) is 36.4 Å². The zero-order chi connectivity index (χ0) is 17.5. The van der Waals surface area contributed by atoms with Crippen molar-refractivity contribution >= 4 is 35.6 Å². The van der Waals surface area contributed by atoms with Crippen LogP contribution in [-0.2, 0) is 0 Å². The summed E-state index contributed by atoms with van der Waals surface area (Å²) in [5, 5.41) is 17.6. The van der Waals surface area contributed by atoms with Gasteiger partial charge in [0.05, 0.1) is 23.3 Å². The van der Waals surface area contributed by atoms with Crippen molar-refractivity contribution in [2.24, 2.45) is 0 Å². The molecule has 3 aromatic rings. The molecule has 118 valence electrons. The van der Waals surface area contributed by atoms with Gasteiger partial charge in [-0.05, 0) is 59.7 Å². The Labute approximate surface area is 151 Å². The number of nitriles is 2. The zero-order valence-electron chi connectivity index (χ0n) is 13.4. The molecule has 2 aromatic carbocycles. The highest BCUT2D eigenvalue weighted by Gasteiger charge is 1.96. The van der Waals surface area contributed by atoms with E-state index in [1.807, 2.05) is 60.7 Å². The van der Waals surface area contributed by atoms with Crippen LogP contribution >= 0.6 is 11.3 Å². The Kier molecular flexibility index (Phi) is 5.22. The Morgan fingerprint density at radius 3 is 1.32 bits per heavy atom. The molecule has 3 rings (SSSR count). The molecular weight excluding hydrogens is 324 g/mol. The van der Waals surface area contributed by atoms with Crippen LogP contribution in [0.15, 0.2) is 60.7 Å². The quantitative estimate of drug-likeness (QED) is 0.600. The third-order valence-electron chi connectivity index (χ3n) is 3.61. The summed E-state index contributed by atoms with van der Waals surface area (Å²) in [7, 11) is 0. The third kappa shape index (κ3) is 4.54.